The monoisotopic (exact) mass is 275 g/mol. The fourth-order valence-electron chi connectivity index (χ4n) is 2.09. The van der Waals surface area contributed by atoms with Gasteiger partial charge in [0.25, 0.3) is 5.69 Å². The molecule has 0 aliphatic rings. The van der Waals surface area contributed by atoms with Crippen LogP contribution in [-0.2, 0) is 0 Å². The number of fused-ring (bicyclic) bond motifs is 1. The lowest BCUT2D eigenvalue weighted by Gasteiger charge is -2.03. The Kier molecular flexibility index (Phi) is 3.05. The van der Waals surface area contributed by atoms with E-state index >= 15 is 0 Å². The van der Waals surface area contributed by atoms with E-state index in [4.69, 9.17) is 6.57 Å². The molecule has 21 heavy (non-hydrogen) atoms. The molecule has 0 aliphatic carbocycles. The average molecular weight is 275 g/mol. The van der Waals surface area contributed by atoms with E-state index in [1.807, 2.05) is 24.3 Å². The number of nitro groups is 1. The minimum atomic E-state index is -0.420. The highest BCUT2D eigenvalue weighted by molar-refractivity contribution is 5.83. The smallest absolute Gasteiger partial charge is 0.258 e. The van der Waals surface area contributed by atoms with Crippen LogP contribution in [0.5, 0.6) is 0 Å². The Hall–Kier alpha value is -3.26. The molecule has 3 rings (SSSR count). The van der Waals surface area contributed by atoms with Gasteiger partial charge in [-0.15, -0.1) is 0 Å². The van der Waals surface area contributed by atoms with Gasteiger partial charge in [-0.1, -0.05) is 30.3 Å². The van der Waals surface area contributed by atoms with E-state index in [2.05, 4.69) is 9.83 Å². The number of rotatable bonds is 2. The summed E-state index contributed by atoms with van der Waals surface area (Å²) in [5, 5.41) is 11.5. The van der Waals surface area contributed by atoms with E-state index in [1.165, 1.54) is 12.1 Å². The Morgan fingerprint density at radius 2 is 1.81 bits per heavy atom. The Morgan fingerprint density at radius 1 is 1.05 bits per heavy atom. The minimum absolute atomic E-state index is 0.0541. The van der Waals surface area contributed by atoms with Crippen LogP contribution in [0.3, 0.4) is 0 Å². The Balaban J connectivity index is 2.06. The number of hydrogen-bond acceptors (Lipinski definition) is 3. The van der Waals surface area contributed by atoms with Gasteiger partial charge in [-0.3, -0.25) is 10.1 Å². The summed E-state index contributed by atoms with van der Waals surface area (Å²) in [4.78, 5) is 18.2. The second kappa shape index (κ2) is 5.02. The molecule has 1 heterocycles. The first kappa shape index (κ1) is 12.8. The molecule has 0 bridgehead atoms. The van der Waals surface area contributed by atoms with Crippen LogP contribution in [-0.4, -0.2) is 9.91 Å². The van der Waals surface area contributed by atoms with Crippen LogP contribution >= 0.6 is 0 Å². The van der Waals surface area contributed by atoms with Gasteiger partial charge in [0.15, 0.2) is 5.69 Å². The van der Waals surface area contributed by atoms with E-state index in [1.54, 1.807) is 18.2 Å². The van der Waals surface area contributed by atoms with Gasteiger partial charge in [-0.2, -0.15) is 0 Å². The lowest BCUT2D eigenvalue weighted by Crippen LogP contribution is -1.89. The summed E-state index contributed by atoms with van der Waals surface area (Å²) >= 11 is 0. The molecule has 5 heteroatoms. The van der Waals surface area contributed by atoms with Crippen LogP contribution in [0.1, 0.15) is 0 Å². The Morgan fingerprint density at radius 3 is 2.48 bits per heavy atom. The molecule has 5 nitrogen and oxygen atoms in total. The lowest BCUT2D eigenvalue weighted by atomic mass is 10.1. The highest BCUT2D eigenvalue weighted by atomic mass is 16.6. The summed E-state index contributed by atoms with van der Waals surface area (Å²) in [6.45, 7) is 6.94. The van der Waals surface area contributed by atoms with Crippen molar-refractivity contribution in [2.24, 2.45) is 0 Å². The van der Waals surface area contributed by atoms with Crippen molar-refractivity contribution < 1.29 is 4.92 Å². The number of aromatic nitrogens is 1. The number of nitro benzene ring substituents is 1. The summed E-state index contributed by atoms with van der Waals surface area (Å²) in [6.07, 6.45) is 0. The summed E-state index contributed by atoms with van der Waals surface area (Å²) in [5.74, 6) is 0. The van der Waals surface area contributed by atoms with Crippen molar-refractivity contribution >= 4 is 22.3 Å². The number of non-ortho nitro benzene ring substituents is 1. The molecule has 0 N–H and O–H groups in total. The van der Waals surface area contributed by atoms with E-state index in [0.29, 0.717) is 11.2 Å². The molecular weight excluding hydrogens is 266 g/mol. The molecule has 3 aromatic rings. The quantitative estimate of drug-likeness (QED) is 0.396. The van der Waals surface area contributed by atoms with E-state index in [-0.39, 0.29) is 5.69 Å². The maximum Gasteiger partial charge on any atom is 0.270 e. The molecular formula is C16H9N3O2. The number of benzene rings is 2. The molecule has 0 saturated carbocycles. The van der Waals surface area contributed by atoms with E-state index < -0.39 is 4.92 Å². The minimum Gasteiger partial charge on any atom is -0.258 e. The summed E-state index contributed by atoms with van der Waals surface area (Å²) in [6, 6.07) is 15.4. The third-order valence-corrected chi connectivity index (χ3v) is 3.18. The van der Waals surface area contributed by atoms with Gasteiger partial charge in [0, 0.05) is 17.5 Å². The molecule has 0 amide bonds. The van der Waals surface area contributed by atoms with Crippen molar-refractivity contribution in [2.75, 3.05) is 0 Å². The molecule has 0 unspecified atom stereocenters. The first-order chi connectivity index (χ1) is 10.2. The van der Waals surface area contributed by atoms with Crippen LogP contribution in [0, 0.1) is 16.7 Å². The van der Waals surface area contributed by atoms with Gasteiger partial charge in [0.2, 0.25) is 0 Å². The van der Waals surface area contributed by atoms with Crippen molar-refractivity contribution in [3.05, 3.63) is 76.1 Å². The molecule has 100 valence electrons. The van der Waals surface area contributed by atoms with Crippen LogP contribution in [0.2, 0.25) is 0 Å². The van der Waals surface area contributed by atoms with Gasteiger partial charge < -0.3 is 0 Å². The molecule has 0 radical (unpaired) electrons. The summed E-state index contributed by atoms with van der Waals surface area (Å²) in [5.41, 5.74) is 3.01. The highest BCUT2D eigenvalue weighted by Gasteiger charge is 2.08. The third kappa shape index (κ3) is 2.42. The first-order valence-electron chi connectivity index (χ1n) is 6.20. The standard InChI is InChI=1S/C16H9N3O2/c1-17-13-5-2-11(3-6-13)15-8-4-12-10-14(19(20)21)7-9-16(12)18-15/h2-10H. The van der Waals surface area contributed by atoms with Crippen molar-refractivity contribution in [2.45, 2.75) is 0 Å². The largest absolute Gasteiger partial charge is 0.270 e. The van der Waals surface area contributed by atoms with Crippen LogP contribution in [0.25, 0.3) is 27.0 Å². The molecule has 2 aromatic carbocycles. The van der Waals surface area contributed by atoms with Crippen molar-refractivity contribution in [1.29, 1.82) is 0 Å². The number of pyridine rings is 1. The van der Waals surface area contributed by atoms with Crippen molar-refractivity contribution in [1.82, 2.24) is 4.98 Å². The van der Waals surface area contributed by atoms with Crippen LogP contribution in [0.15, 0.2) is 54.6 Å². The van der Waals surface area contributed by atoms with Crippen molar-refractivity contribution in [3.8, 4) is 11.3 Å². The fraction of sp³-hybridized carbons (Fsp3) is 0. The highest BCUT2D eigenvalue weighted by Crippen LogP contribution is 2.25. The normalized spacial score (nSPS) is 10.2. The number of hydrogen-bond donors (Lipinski definition) is 0. The SMILES string of the molecule is [C-]#[N+]c1ccc(-c2ccc3cc([N+](=O)[O-])ccc3n2)cc1. The zero-order valence-corrected chi connectivity index (χ0v) is 10.9. The van der Waals surface area contributed by atoms with E-state index in [9.17, 15) is 10.1 Å². The molecule has 0 saturated heterocycles. The zero-order chi connectivity index (χ0) is 14.8. The van der Waals surface area contributed by atoms with E-state index in [0.717, 1.165) is 16.6 Å². The zero-order valence-electron chi connectivity index (χ0n) is 10.9. The summed E-state index contributed by atoms with van der Waals surface area (Å²) in [7, 11) is 0. The maximum atomic E-state index is 10.8. The van der Waals surface area contributed by atoms with Gasteiger partial charge in [-0.25, -0.2) is 9.83 Å². The molecule has 0 aliphatic heterocycles. The van der Waals surface area contributed by atoms with Crippen molar-refractivity contribution in [3.63, 3.8) is 0 Å². The van der Waals surface area contributed by atoms with Gasteiger partial charge in [0.1, 0.15) is 0 Å². The molecule has 1 aromatic heterocycles. The molecule has 0 atom stereocenters. The second-order valence-corrected chi connectivity index (χ2v) is 4.49. The van der Waals surface area contributed by atoms with Gasteiger partial charge >= 0.3 is 0 Å². The summed E-state index contributed by atoms with van der Waals surface area (Å²) < 4.78 is 0. The van der Waals surface area contributed by atoms with Gasteiger partial charge in [0.05, 0.1) is 22.7 Å². The average Bonchev–Trinajstić information content (AvgIpc) is 2.54. The predicted molar refractivity (Wildman–Crippen MR) is 80.1 cm³/mol. The maximum absolute atomic E-state index is 10.8. The Bertz CT molecular complexity index is 880. The second-order valence-electron chi connectivity index (χ2n) is 4.49. The lowest BCUT2D eigenvalue weighted by molar-refractivity contribution is -0.384. The first-order valence-corrected chi connectivity index (χ1v) is 6.20. The van der Waals surface area contributed by atoms with Gasteiger partial charge in [-0.05, 0) is 17.7 Å². The van der Waals surface area contributed by atoms with Crippen LogP contribution in [0.4, 0.5) is 11.4 Å². The topological polar surface area (TPSA) is 60.4 Å². The third-order valence-electron chi connectivity index (χ3n) is 3.18. The predicted octanol–water partition coefficient (Wildman–Crippen LogP) is 4.36. The Labute approximate surface area is 120 Å². The molecule has 0 spiro atoms. The fourth-order valence-corrected chi connectivity index (χ4v) is 2.09. The number of nitrogens with zero attached hydrogens (tertiary/aromatic N) is 3. The van der Waals surface area contributed by atoms with Crippen LogP contribution < -0.4 is 0 Å². The molecule has 0 fully saturated rings.